The number of aromatic amines is 1. The predicted molar refractivity (Wildman–Crippen MR) is 86.9 cm³/mol. The topological polar surface area (TPSA) is 48.0 Å². The highest BCUT2D eigenvalue weighted by Crippen LogP contribution is 2.33. The number of piperazine rings is 1. The van der Waals surface area contributed by atoms with Crippen LogP contribution in [0.5, 0.6) is 0 Å². The molecule has 0 amide bonds. The van der Waals surface area contributed by atoms with Gasteiger partial charge in [0.15, 0.2) is 5.82 Å². The van der Waals surface area contributed by atoms with E-state index in [1.165, 1.54) is 4.88 Å². The van der Waals surface area contributed by atoms with Gasteiger partial charge >= 0.3 is 0 Å². The molecule has 0 spiro atoms. The van der Waals surface area contributed by atoms with Gasteiger partial charge in [-0.2, -0.15) is 0 Å². The smallest absolute Gasteiger partial charge is 0.156 e. The second-order valence-electron chi connectivity index (χ2n) is 5.39. The molecule has 1 fully saturated rings. The van der Waals surface area contributed by atoms with Crippen molar-refractivity contribution in [3.8, 4) is 10.4 Å². The number of nitrogens with zero attached hydrogens (tertiary/aromatic N) is 4. The lowest BCUT2D eigenvalue weighted by molar-refractivity contribution is 0.312. The first kappa shape index (κ1) is 12.8. The van der Waals surface area contributed by atoms with E-state index in [2.05, 4.69) is 44.3 Å². The summed E-state index contributed by atoms with van der Waals surface area (Å²) in [4.78, 5) is 18.4. The van der Waals surface area contributed by atoms with Crippen molar-refractivity contribution in [3.63, 3.8) is 0 Å². The molecule has 1 N–H and O–H groups in total. The SMILES string of the molecule is CN1CCN(c2ncc(-c3cccs3)c3[nH]cnc23)CC1. The van der Waals surface area contributed by atoms with Crippen molar-refractivity contribution < 1.29 is 0 Å². The molecule has 1 saturated heterocycles. The maximum absolute atomic E-state index is 4.72. The van der Waals surface area contributed by atoms with Gasteiger partial charge in [-0.1, -0.05) is 6.07 Å². The first-order valence-electron chi connectivity index (χ1n) is 7.12. The zero-order valence-corrected chi connectivity index (χ0v) is 12.7. The van der Waals surface area contributed by atoms with Crippen LogP contribution in [0.1, 0.15) is 0 Å². The van der Waals surface area contributed by atoms with E-state index in [0.717, 1.165) is 48.6 Å². The molecule has 21 heavy (non-hydrogen) atoms. The van der Waals surface area contributed by atoms with E-state index < -0.39 is 0 Å². The zero-order valence-electron chi connectivity index (χ0n) is 11.9. The lowest BCUT2D eigenvalue weighted by atomic mass is 10.2. The Balaban J connectivity index is 1.78. The Hall–Kier alpha value is -1.92. The Labute approximate surface area is 127 Å². The number of hydrogen-bond acceptors (Lipinski definition) is 5. The number of H-pyrrole nitrogens is 1. The number of imidazole rings is 1. The van der Waals surface area contributed by atoms with Crippen molar-refractivity contribution in [2.45, 2.75) is 0 Å². The van der Waals surface area contributed by atoms with Gasteiger partial charge in [0.2, 0.25) is 0 Å². The highest BCUT2D eigenvalue weighted by atomic mass is 32.1. The Morgan fingerprint density at radius 1 is 1.19 bits per heavy atom. The van der Waals surface area contributed by atoms with Gasteiger partial charge in [-0.05, 0) is 18.5 Å². The molecule has 3 aromatic heterocycles. The Kier molecular flexibility index (Phi) is 3.12. The molecule has 5 nitrogen and oxygen atoms in total. The largest absolute Gasteiger partial charge is 0.352 e. The molecule has 108 valence electrons. The number of aromatic nitrogens is 3. The summed E-state index contributed by atoms with van der Waals surface area (Å²) in [5, 5.41) is 2.09. The number of thiophene rings is 1. The lowest BCUT2D eigenvalue weighted by Gasteiger charge is -2.33. The van der Waals surface area contributed by atoms with Crippen molar-refractivity contribution in [1.82, 2.24) is 19.9 Å². The quantitative estimate of drug-likeness (QED) is 0.789. The summed E-state index contributed by atoms with van der Waals surface area (Å²) in [6, 6.07) is 4.19. The van der Waals surface area contributed by atoms with Crippen molar-refractivity contribution in [3.05, 3.63) is 30.0 Å². The summed E-state index contributed by atoms with van der Waals surface area (Å²) in [6.45, 7) is 4.15. The molecule has 0 radical (unpaired) electrons. The lowest BCUT2D eigenvalue weighted by Crippen LogP contribution is -2.44. The van der Waals surface area contributed by atoms with Crippen LogP contribution in [0.25, 0.3) is 21.5 Å². The minimum Gasteiger partial charge on any atom is -0.352 e. The molecule has 6 heteroatoms. The number of nitrogens with one attached hydrogen (secondary N) is 1. The standard InChI is InChI=1S/C15H17N5S/c1-19-4-6-20(7-5-19)15-14-13(17-10-18-14)11(9-16-15)12-3-2-8-21-12/h2-3,8-10H,4-7H2,1H3,(H,17,18). The molecule has 1 aliphatic rings. The first-order chi connectivity index (χ1) is 10.3. The number of anilines is 1. The second kappa shape index (κ2) is 5.13. The first-order valence-corrected chi connectivity index (χ1v) is 8.00. The molecule has 0 aromatic carbocycles. The molecule has 4 heterocycles. The Morgan fingerprint density at radius 2 is 2.05 bits per heavy atom. The Bertz CT molecular complexity index is 741. The highest BCUT2D eigenvalue weighted by molar-refractivity contribution is 7.13. The van der Waals surface area contributed by atoms with E-state index in [9.17, 15) is 0 Å². The van der Waals surface area contributed by atoms with Crippen LogP contribution in [0, 0.1) is 0 Å². The minimum atomic E-state index is 0.977. The molecular weight excluding hydrogens is 282 g/mol. The Morgan fingerprint density at radius 3 is 2.81 bits per heavy atom. The van der Waals surface area contributed by atoms with E-state index >= 15 is 0 Å². The molecule has 0 atom stereocenters. The fraction of sp³-hybridized carbons (Fsp3) is 0.333. The average Bonchev–Trinajstić information content (AvgIpc) is 3.19. The third-order valence-electron chi connectivity index (χ3n) is 4.03. The number of hydrogen-bond donors (Lipinski definition) is 1. The molecule has 0 unspecified atom stereocenters. The predicted octanol–water partition coefficient (Wildman–Crippen LogP) is 2.44. The van der Waals surface area contributed by atoms with Gasteiger partial charge in [0.25, 0.3) is 0 Å². The van der Waals surface area contributed by atoms with Crippen molar-refractivity contribution in [2.75, 3.05) is 38.1 Å². The molecule has 0 aliphatic carbocycles. The summed E-state index contributed by atoms with van der Waals surface area (Å²) >= 11 is 1.73. The average molecular weight is 299 g/mol. The summed E-state index contributed by atoms with van der Waals surface area (Å²) in [6.07, 6.45) is 3.74. The number of pyridine rings is 1. The fourth-order valence-corrected chi connectivity index (χ4v) is 3.53. The van der Waals surface area contributed by atoms with Gasteiger partial charge in [0.05, 0.1) is 11.8 Å². The summed E-state index contributed by atoms with van der Waals surface area (Å²) in [7, 11) is 2.16. The van der Waals surface area contributed by atoms with E-state index in [1.807, 2.05) is 6.20 Å². The van der Waals surface area contributed by atoms with E-state index in [4.69, 9.17) is 4.98 Å². The van der Waals surface area contributed by atoms with Crippen molar-refractivity contribution >= 4 is 28.2 Å². The number of fused-ring (bicyclic) bond motifs is 1. The van der Waals surface area contributed by atoms with Crippen LogP contribution in [-0.2, 0) is 0 Å². The van der Waals surface area contributed by atoms with Crippen LogP contribution in [-0.4, -0.2) is 53.1 Å². The minimum absolute atomic E-state index is 0.977. The molecule has 0 bridgehead atoms. The van der Waals surface area contributed by atoms with E-state index in [1.54, 1.807) is 17.7 Å². The molecule has 3 aromatic rings. The third kappa shape index (κ3) is 2.20. The van der Waals surface area contributed by atoms with Crippen LogP contribution >= 0.6 is 11.3 Å². The maximum Gasteiger partial charge on any atom is 0.156 e. The van der Waals surface area contributed by atoms with Crippen LogP contribution in [0.15, 0.2) is 30.0 Å². The third-order valence-corrected chi connectivity index (χ3v) is 4.93. The molecule has 0 saturated carbocycles. The second-order valence-corrected chi connectivity index (χ2v) is 6.34. The van der Waals surface area contributed by atoms with Gasteiger partial charge in [-0.15, -0.1) is 11.3 Å². The van der Waals surface area contributed by atoms with Crippen LogP contribution < -0.4 is 4.90 Å². The molecule has 1 aliphatic heterocycles. The van der Waals surface area contributed by atoms with Crippen LogP contribution in [0.4, 0.5) is 5.82 Å². The van der Waals surface area contributed by atoms with Crippen LogP contribution in [0.3, 0.4) is 0 Å². The van der Waals surface area contributed by atoms with Crippen molar-refractivity contribution in [1.29, 1.82) is 0 Å². The molecular formula is C15H17N5S. The van der Waals surface area contributed by atoms with Gasteiger partial charge < -0.3 is 14.8 Å². The normalized spacial score (nSPS) is 16.7. The van der Waals surface area contributed by atoms with Gasteiger partial charge in [0, 0.05) is 42.8 Å². The fourth-order valence-electron chi connectivity index (χ4n) is 2.79. The van der Waals surface area contributed by atoms with Gasteiger partial charge in [0.1, 0.15) is 5.52 Å². The summed E-state index contributed by atoms with van der Waals surface area (Å²) < 4.78 is 0. The van der Waals surface area contributed by atoms with Crippen LogP contribution in [0.2, 0.25) is 0 Å². The zero-order chi connectivity index (χ0) is 14.2. The van der Waals surface area contributed by atoms with E-state index in [0.29, 0.717) is 0 Å². The van der Waals surface area contributed by atoms with Gasteiger partial charge in [-0.25, -0.2) is 9.97 Å². The number of likely N-dealkylation sites (N-methyl/N-ethyl adjacent to an activating group) is 1. The monoisotopic (exact) mass is 299 g/mol. The summed E-state index contributed by atoms with van der Waals surface area (Å²) in [5.74, 6) is 1.000. The van der Waals surface area contributed by atoms with Crippen molar-refractivity contribution in [2.24, 2.45) is 0 Å². The van der Waals surface area contributed by atoms with Gasteiger partial charge in [-0.3, -0.25) is 0 Å². The van der Waals surface area contributed by atoms with E-state index in [-0.39, 0.29) is 0 Å². The number of rotatable bonds is 2. The highest BCUT2D eigenvalue weighted by Gasteiger charge is 2.20. The maximum atomic E-state index is 4.72. The summed E-state index contributed by atoms with van der Waals surface area (Å²) in [5.41, 5.74) is 3.20. The molecule has 4 rings (SSSR count).